The van der Waals surface area contributed by atoms with Gasteiger partial charge in [0.15, 0.2) is 10.4 Å². The lowest BCUT2D eigenvalue weighted by Gasteiger charge is -2.08. The smallest absolute Gasteiger partial charge is 0.291 e. The van der Waals surface area contributed by atoms with Crippen LogP contribution in [-0.4, -0.2) is 24.1 Å². The van der Waals surface area contributed by atoms with Crippen molar-refractivity contribution in [3.63, 3.8) is 0 Å². The minimum absolute atomic E-state index is 0.172. The Bertz CT molecular complexity index is 992. The molecule has 2 N–H and O–H groups in total. The summed E-state index contributed by atoms with van der Waals surface area (Å²) in [4.78, 5) is 25.5. The number of anilines is 1. The SMILES string of the molecule is O=C(NCCCSc1ccc(F)cc1)c1cccc(NC(=O)c2ccc(Br)o2)c1. The lowest BCUT2D eigenvalue weighted by Crippen LogP contribution is -2.25. The molecule has 0 unspecified atom stereocenters. The maximum absolute atomic E-state index is 12.9. The Hall–Kier alpha value is -2.58. The van der Waals surface area contributed by atoms with Crippen LogP contribution in [0.1, 0.15) is 27.3 Å². The fourth-order valence-corrected chi connectivity index (χ4v) is 3.62. The molecule has 0 aliphatic heterocycles. The number of halogens is 2. The number of nitrogens with one attached hydrogen (secondary N) is 2. The molecular formula is C21H18BrFN2O3S. The van der Waals surface area contributed by atoms with Crippen molar-refractivity contribution in [2.75, 3.05) is 17.6 Å². The molecule has 29 heavy (non-hydrogen) atoms. The molecule has 150 valence electrons. The Morgan fingerprint density at radius 2 is 1.83 bits per heavy atom. The van der Waals surface area contributed by atoms with Crippen LogP contribution in [0.5, 0.6) is 0 Å². The van der Waals surface area contributed by atoms with Crippen LogP contribution in [0.25, 0.3) is 0 Å². The maximum Gasteiger partial charge on any atom is 0.291 e. The molecule has 0 bridgehead atoms. The fourth-order valence-electron chi connectivity index (χ4n) is 2.46. The number of carbonyl (C=O) groups excluding carboxylic acids is 2. The first-order chi connectivity index (χ1) is 14.0. The minimum Gasteiger partial charge on any atom is -0.444 e. The number of benzene rings is 2. The molecule has 0 radical (unpaired) electrons. The quantitative estimate of drug-likeness (QED) is 0.339. The summed E-state index contributed by atoms with van der Waals surface area (Å²) in [6.07, 6.45) is 0.775. The van der Waals surface area contributed by atoms with E-state index < -0.39 is 5.91 Å². The van der Waals surface area contributed by atoms with Crippen molar-refractivity contribution in [3.8, 4) is 0 Å². The van der Waals surface area contributed by atoms with Crippen LogP contribution in [0.4, 0.5) is 10.1 Å². The first-order valence-electron chi connectivity index (χ1n) is 8.84. The lowest BCUT2D eigenvalue weighted by atomic mass is 10.2. The van der Waals surface area contributed by atoms with Crippen molar-refractivity contribution in [2.24, 2.45) is 0 Å². The number of amides is 2. The second-order valence-electron chi connectivity index (χ2n) is 6.05. The Morgan fingerprint density at radius 3 is 2.55 bits per heavy atom. The highest BCUT2D eigenvalue weighted by Crippen LogP contribution is 2.19. The Kier molecular flexibility index (Phi) is 7.48. The van der Waals surface area contributed by atoms with Gasteiger partial charge < -0.3 is 15.1 Å². The third kappa shape index (κ3) is 6.47. The molecule has 0 spiro atoms. The van der Waals surface area contributed by atoms with E-state index in [-0.39, 0.29) is 17.5 Å². The monoisotopic (exact) mass is 476 g/mol. The zero-order valence-electron chi connectivity index (χ0n) is 15.3. The third-order valence-electron chi connectivity index (χ3n) is 3.87. The van der Waals surface area contributed by atoms with E-state index in [0.717, 1.165) is 17.1 Å². The second-order valence-corrected chi connectivity index (χ2v) is 8.00. The molecule has 2 amide bonds. The third-order valence-corrected chi connectivity index (χ3v) is 5.39. The van der Waals surface area contributed by atoms with Gasteiger partial charge in [-0.1, -0.05) is 6.07 Å². The van der Waals surface area contributed by atoms with Gasteiger partial charge in [-0.2, -0.15) is 0 Å². The van der Waals surface area contributed by atoms with Crippen LogP contribution in [0.15, 0.2) is 74.6 Å². The van der Waals surface area contributed by atoms with Gasteiger partial charge in [0.25, 0.3) is 11.8 Å². The van der Waals surface area contributed by atoms with Crippen molar-refractivity contribution in [2.45, 2.75) is 11.3 Å². The van der Waals surface area contributed by atoms with E-state index in [1.54, 1.807) is 60.3 Å². The standard InChI is InChI=1S/C21H18BrFN2O3S/c22-19-10-9-18(28-19)21(27)25-16-4-1-3-14(13-16)20(26)24-11-2-12-29-17-7-5-15(23)6-8-17/h1,3-10,13H,2,11-12H2,(H,24,26)(H,25,27). The lowest BCUT2D eigenvalue weighted by molar-refractivity contribution is 0.0951. The van der Waals surface area contributed by atoms with Crippen LogP contribution in [0, 0.1) is 5.82 Å². The predicted octanol–water partition coefficient (Wildman–Crippen LogP) is 5.35. The van der Waals surface area contributed by atoms with Crippen LogP contribution >= 0.6 is 27.7 Å². The largest absolute Gasteiger partial charge is 0.444 e. The molecule has 0 saturated heterocycles. The zero-order chi connectivity index (χ0) is 20.6. The second kappa shape index (κ2) is 10.3. The minimum atomic E-state index is -0.397. The Labute approximate surface area is 180 Å². The van der Waals surface area contributed by atoms with Crippen molar-refractivity contribution in [1.82, 2.24) is 5.32 Å². The molecule has 0 fully saturated rings. The predicted molar refractivity (Wildman–Crippen MR) is 115 cm³/mol. The van der Waals surface area contributed by atoms with E-state index in [0.29, 0.717) is 22.5 Å². The molecule has 1 heterocycles. The average molecular weight is 477 g/mol. The van der Waals surface area contributed by atoms with Crippen molar-refractivity contribution in [3.05, 3.63) is 82.5 Å². The first-order valence-corrected chi connectivity index (χ1v) is 10.6. The van der Waals surface area contributed by atoms with Gasteiger partial charge in [0.2, 0.25) is 0 Å². The van der Waals surface area contributed by atoms with Gasteiger partial charge in [-0.15, -0.1) is 11.8 Å². The normalized spacial score (nSPS) is 10.6. The summed E-state index contributed by atoms with van der Waals surface area (Å²) in [6, 6.07) is 16.2. The summed E-state index contributed by atoms with van der Waals surface area (Å²) in [6.45, 7) is 0.518. The molecule has 0 aliphatic carbocycles. The molecule has 8 heteroatoms. The van der Waals surface area contributed by atoms with Gasteiger partial charge in [0.1, 0.15) is 5.82 Å². The summed E-state index contributed by atoms with van der Waals surface area (Å²) < 4.78 is 18.6. The first kappa shape index (κ1) is 21.1. The van der Waals surface area contributed by atoms with E-state index in [9.17, 15) is 14.0 Å². The highest BCUT2D eigenvalue weighted by molar-refractivity contribution is 9.10. The fraction of sp³-hybridized carbons (Fsp3) is 0.143. The van der Waals surface area contributed by atoms with E-state index in [1.807, 2.05) is 0 Å². The van der Waals surface area contributed by atoms with Crippen molar-refractivity contribution in [1.29, 1.82) is 0 Å². The average Bonchev–Trinajstić information content (AvgIpc) is 3.16. The van der Waals surface area contributed by atoms with E-state index >= 15 is 0 Å². The number of rotatable bonds is 8. The van der Waals surface area contributed by atoms with Crippen LogP contribution in [-0.2, 0) is 0 Å². The van der Waals surface area contributed by atoms with E-state index in [2.05, 4.69) is 26.6 Å². The van der Waals surface area contributed by atoms with Gasteiger partial charge in [-0.05, 0) is 82.7 Å². The summed E-state index contributed by atoms with van der Waals surface area (Å²) in [5.74, 6) is 0.114. The van der Waals surface area contributed by atoms with Crippen LogP contribution in [0.2, 0.25) is 0 Å². The van der Waals surface area contributed by atoms with Crippen LogP contribution < -0.4 is 10.6 Å². The number of hydrogen-bond donors (Lipinski definition) is 2. The molecule has 3 rings (SSSR count). The zero-order valence-corrected chi connectivity index (χ0v) is 17.7. The van der Waals surface area contributed by atoms with Gasteiger partial charge in [0, 0.05) is 22.7 Å². The van der Waals surface area contributed by atoms with Gasteiger partial charge in [-0.25, -0.2) is 4.39 Å². The molecule has 0 atom stereocenters. The van der Waals surface area contributed by atoms with Gasteiger partial charge in [-0.3, -0.25) is 9.59 Å². The Balaban J connectivity index is 1.45. The molecule has 5 nitrogen and oxygen atoms in total. The summed E-state index contributed by atoms with van der Waals surface area (Å²) in [5.41, 5.74) is 0.955. The Morgan fingerprint density at radius 1 is 1.03 bits per heavy atom. The van der Waals surface area contributed by atoms with E-state index in [1.165, 1.54) is 12.1 Å². The van der Waals surface area contributed by atoms with Gasteiger partial charge in [0.05, 0.1) is 0 Å². The molecule has 3 aromatic rings. The molecule has 2 aromatic carbocycles. The number of thioether (sulfide) groups is 1. The van der Waals surface area contributed by atoms with Crippen LogP contribution in [0.3, 0.4) is 0 Å². The van der Waals surface area contributed by atoms with Crippen molar-refractivity contribution >= 4 is 45.2 Å². The molecular weight excluding hydrogens is 459 g/mol. The highest BCUT2D eigenvalue weighted by Gasteiger charge is 2.12. The van der Waals surface area contributed by atoms with Crippen molar-refractivity contribution < 1.29 is 18.4 Å². The number of furan rings is 1. The summed E-state index contributed by atoms with van der Waals surface area (Å²) in [5, 5.41) is 5.56. The molecule has 0 aliphatic rings. The topological polar surface area (TPSA) is 71.3 Å². The van der Waals surface area contributed by atoms with E-state index in [4.69, 9.17) is 4.42 Å². The summed E-state index contributed by atoms with van der Waals surface area (Å²) >= 11 is 4.76. The molecule has 0 saturated carbocycles. The maximum atomic E-state index is 12.9. The molecule has 1 aromatic heterocycles. The summed E-state index contributed by atoms with van der Waals surface area (Å²) in [7, 11) is 0. The number of carbonyl (C=O) groups is 2. The number of hydrogen-bond acceptors (Lipinski definition) is 4. The highest BCUT2D eigenvalue weighted by atomic mass is 79.9. The van der Waals surface area contributed by atoms with Gasteiger partial charge >= 0.3 is 0 Å².